The van der Waals surface area contributed by atoms with Gasteiger partial charge >= 0.3 is 0 Å². The summed E-state index contributed by atoms with van der Waals surface area (Å²) in [6, 6.07) is 4.64. The largest absolute Gasteiger partial charge is 0.309 e. The van der Waals surface area contributed by atoms with Crippen LogP contribution < -0.4 is 5.32 Å². The number of halogens is 1. The van der Waals surface area contributed by atoms with Crippen molar-refractivity contribution in [2.75, 3.05) is 6.54 Å². The highest BCUT2D eigenvalue weighted by atomic mass is 35.5. The van der Waals surface area contributed by atoms with Crippen LogP contribution in [0.3, 0.4) is 0 Å². The van der Waals surface area contributed by atoms with Crippen molar-refractivity contribution in [3.63, 3.8) is 0 Å². The molecule has 1 fully saturated rings. The highest BCUT2D eigenvalue weighted by Crippen LogP contribution is 2.34. The van der Waals surface area contributed by atoms with Crippen LogP contribution in [0, 0.1) is 5.92 Å². The molecule has 0 aliphatic carbocycles. The molecule has 1 aromatic rings. The summed E-state index contributed by atoms with van der Waals surface area (Å²) >= 11 is 7.50. The molecule has 60 valence electrons. The quantitative estimate of drug-likeness (QED) is 0.713. The topological polar surface area (TPSA) is 12.0 Å². The van der Waals surface area contributed by atoms with Gasteiger partial charge in [0, 0.05) is 17.5 Å². The SMILES string of the molecule is CC1CNC1c1ccc(Cl)s1. The van der Waals surface area contributed by atoms with E-state index >= 15 is 0 Å². The van der Waals surface area contributed by atoms with E-state index in [0.717, 1.165) is 16.8 Å². The van der Waals surface area contributed by atoms with Crippen molar-refractivity contribution in [3.8, 4) is 0 Å². The monoisotopic (exact) mass is 187 g/mol. The van der Waals surface area contributed by atoms with Crippen molar-refractivity contribution in [2.24, 2.45) is 5.92 Å². The van der Waals surface area contributed by atoms with E-state index in [-0.39, 0.29) is 0 Å². The van der Waals surface area contributed by atoms with Crippen LogP contribution in [0.2, 0.25) is 4.34 Å². The fourth-order valence-electron chi connectivity index (χ4n) is 1.35. The van der Waals surface area contributed by atoms with E-state index in [1.807, 2.05) is 6.07 Å². The summed E-state index contributed by atoms with van der Waals surface area (Å²) in [7, 11) is 0. The molecule has 0 saturated carbocycles. The summed E-state index contributed by atoms with van der Waals surface area (Å²) in [5, 5.41) is 3.38. The predicted molar refractivity (Wildman–Crippen MR) is 49.2 cm³/mol. The second-order valence-corrected chi connectivity index (χ2v) is 4.75. The summed E-state index contributed by atoms with van der Waals surface area (Å²) in [5.74, 6) is 0.768. The molecule has 0 bridgehead atoms. The summed E-state index contributed by atoms with van der Waals surface area (Å²) in [5.41, 5.74) is 0. The molecule has 1 saturated heterocycles. The summed E-state index contributed by atoms with van der Waals surface area (Å²) in [6.45, 7) is 3.40. The summed E-state index contributed by atoms with van der Waals surface area (Å²) in [4.78, 5) is 1.37. The Balaban J connectivity index is 2.16. The van der Waals surface area contributed by atoms with Gasteiger partial charge in [-0.3, -0.25) is 0 Å². The Morgan fingerprint density at radius 3 is 2.82 bits per heavy atom. The van der Waals surface area contributed by atoms with Crippen molar-refractivity contribution in [1.82, 2.24) is 5.32 Å². The third-order valence-corrected chi connectivity index (χ3v) is 3.44. The molecule has 1 N–H and O–H groups in total. The smallest absolute Gasteiger partial charge is 0.0931 e. The van der Waals surface area contributed by atoms with Crippen LogP contribution in [0.5, 0.6) is 0 Å². The molecule has 11 heavy (non-hydrogen) atoms. The third kappa shape index (κ3) is 1.31. The summed E-state index contributed by atoms with van der Waals surface area (Å²) in [6.07, 6.45) is 0. The Hall–Kier alpha value is -0.0500. The number of nitrogens with one attached hydrogen (secondary N) is 1. The lowest BCUT2D eigenvalue weighted by atomic mass is 9.93. The van der Waals surface area contributed by atoms with Crippen LogP contribution in [0.1, 0.15) is 17.8 Å². The van der Waals surface area contributed by atoms with Gasteiger partial charge in [-0.05, 0) is 18.1 Å². The fourth-order valence-corrected chi connectivity index (χ4v) is 2.62. The maximum Gasteiger partial charge on any atom is 0.0931 e. The third-order valence-electron chi connectivity index (χ3n) is 2.13. The van der Waals surface area contributed by atoms with E-state index in [2.05, 4.69) is 18.3 Å². The average molecular weight is 188 g/mol. The molecule has 2 unspecified atom stereocenters. The maximum absolute atomic E-state index is 5.82. The molecule has 1 aliphatic rings. The van der Waals surface area contributed by atoms with E-state index < -0.39 is 0 Å². The standard InChI is InChI=1S/C8H10ClNS/c1-5-4-10-8(5)6-2-3-7(9)11-6/h2-3,5,8,10H,4H2,1H3. The fraction of sp³-hybridized carbons (Fsp3) is 0.500. The van der Waals surface area contributed by atoms with Crippen molar-refractivity contribution in [3.05, 3.63) is 21.3 Å². The molecule has 0 amide bonds. The Kier molecular flexibility index (Phi) is 1.91. The molecule has 2 heterocycles. The Labute approximate surface area is 75.4 Å². The van der Waals surface area contributed by atoms with Gasteiger partial charge in [-0.2, -0.15) is 0 Å². The molecule has 3 heteroatoms. The zero-order valence-corrected chi connectivity index (χ0v) is 7.88. The minimum absolute atomic E-state index is 0.562. The van der Waals surface area contributed by atoms with Gasteiger partial charge in [0.25, 0.3) is 0 Å². The van der Waals surface area contributed by atoms with Gasteiger partial charge in [0.1, 0.15) is 0 Å². The van der Waals surface area contributed by atoms with E-state index in [9.17, 15) is 0 Å². The van der Waals surface area contributed by atoms with E-state index in [4.69, 9.17) is 11.6 Å². The molecular formula is C8H10ClNS. The second-order valence-electron chi connectivity index (χ2n) is 3.01. The first kappa shape index (κ1) is 7.59. The molecule has 1 nitrogen and oxygen atoms in total. The van der Waals surface area contributed by atoms with Crippen molar-refractivity contribution in [1.29, 1.82) is 0 Å². The Bertz CT molecular complexity index is 258. The summed E-state index contributed by atoms with van der Waals surface area (Å²) < 4.78 is 0.890. The molecular weight excluding hydrogens is 178 g/mol. The van der Waals surface area contributed by atoms with Crippen molar-refractivity contribution < 1.29 is 0 Å². The van der Waals surface area contributed by atoms with Gasteiger partial charge in [-0.15, -0.1) is 11.3 Å². The Morgan fingerprint density at radius 1 is 1.64 bits per heavy atom. The average Bonchev–Trinajstić information content (AvgIpc) is 2.33. The molecule has 2 atom stereocenters. The predicted octanol–water partition coefficient (Wildman–Crippen LogP) is 2.68. The van der Waals surface area contributed by atoms with Crippen LogP contribution in [-0.2, 0) is 0 Å². The number of hydrogen-bond donors (Lipinski definition) is 1. The number of rotatable bonds is 1. The highest BCUT2D eigenvalue weighted by Gasteiger charge is 2.28. The number of thiophene rings is 1. The van der Waals surface area contributed by atoms with Crippen LogP contribution in [0.25, 0.3) is 0 Å². The molecule has 0 aromatic carbocycles. The molecule has 0 spiro atoms. The Morgan fingerprint density at radius 2 is 2.45 bits per heavy atom. The first-order valence-electron chi connectivity index (χ1n) is 3.76. The van der Waals surface area contributed by atoms with Crippen LogP contribution in [0.4, 0.5) is 0 Å². The van der Waals surface area contributed by atoms with Gasteiger partial charge in [-0.1, -0.05) is 18.5 Å². The lowest BCUT2D eigenvalue weighted by molar-refractivity contribution is 0.262. The van der Waals surface area contributed by atoms with E-state index in [1.54, 1.807) is 11.3 Å². The lowest BCUT2D eigenvalue weighted by Gasteiger charge is -2.34. The lowest BCUT2D eigenvalue weighted by Crippen LogP contribution is -2.43. The highest BCUT2D eigenvalue weighted by molar-refractivity contribution is 7.16. The second kappa shape index (κ2) is 2.77. The van der Waals surface area contributed by atoms with Gasteiger partial charge in [0.15, 0.2) is 0 Å². The van der Waals surface area contributed by atoms with Gasteiger partial charge in [0.2, 0.25) is 0 Å². The van der Waals surface area contributed by atoms with Crippen LogP contribution in [-0.4, -0.2) is 6.54 Å². The zero-order chi connectivity index (χ0) is 7.84. The molecule has 0 radical (unpaired) electrons. The minimum atomic E-state index is 0.562. The van der Waals surface area contributed by atoms with Crippen molar-refractivity contribution >= 4 is 22.9 Å². The first-order chi connectivity index (χ1) is 5.27. The maximum atomic E-state index is 5.82. The molecule has 2 rings (SSSR count). The molecule has 1 aliphatic heterocycles. The van der Waals surface area contributed by atoms with Crippen LogP contribution in [0.15, 0.2) is 12.1 Å². The zero-order valence-electron chi connectivity index (χ0n) is 6.30. The normalized spacial score (nSPS) is 30.0. The van der Waals surface area contributed by atoms with Gasteiger partial charge in [-0.25, -0.2) is 0 Å². The van der Waals surface area contributed by atoms with Gasteiger partial charge < -0.3 is 5.32 Å². The minimum Gasteiger partial charge on any atom is -0.309 e. The first-order valence-corrected chi connectivity index (χ1v) is 4.95. The van der Waals surface area contributed by atoms with E-state index in [0.29, 0.717) is 6.04 Å². The van der Waals surface area contributed by atoms with Crippen LogP contribution >= 0.6 is 22.9 Å². The molecule has 1 aromatic heterocycles. The van der Waals surface area contributed by atoms with Gasteiger partial charge in [0.05, 0.1) is 4.34 Å². The van der Waals surface area contributed by atoms with Crippen molar-refractivity contribution in [2.45, 2.75) is 13.0 Å². The van der Waals surface area contributed by atoms with E-state index in [1.165, 1.54) is 4.88 Å². The number of hydrogen-bond acceptors (Lipinski definition) is 2.